The van der Waals surface area contributed by atoms with Crippen molar-refractivity contribution in [3.05, 3.63) is 163 Å². The fourth-order valence-corrected chi connectivity index (χ4v) is 8.22. The molecule has 0 unspecified atom stereocenters. The van der Waals surface area contributed by atoms with Gasteiger partial charge in [-0.1, -0.05) is 108 Å². The van der Waals surface area contributed by atoms with Gasteiger partial charge in [-0.15, -0.1) is 0 Å². The molecule has 0 amide bonds. The second kappa shape index (κ2) is 8.91. The van der Waals surface area contributed by atoms with E-state index in [1.807, 2.05) is 0 Å². The van der Waals surface area contributed by atoms with Crippen molar-refractivity contribution < 1.29 is 0 Å². The van der Waals surface area contributed by atoms with Gasteiger partial charge in [0.25, 0.3) is 0 Å². The Labute approximate surface area is 248 Å². The second-order valence-corrected chi connectivity index (χ2v) is 12.5. The van der Waals surface area contributed by atoms with Crippen LogP contribution in [0.4, 0.5) is 0 Å². The van der Waals surface area contributed by atoms with Crippen molar-refractivity contribution in [1.82, 2.24) is 0 Å². The van der Waals surface area contributed by atoms with E-state index in [1.54, 1.807) is 0 Å². The molecule has 42 heavy (non-hydrogen) atoms. The van der Waals surface area contributed by atoms with Gasteiger partial charge in [0.1, 0.15) is 0 Å². The molecule has 2 aliphatic rings. The Kier molecular flexibility index (Phi) is 5.32. The molecule has 6 aromatic rings. The maximum absolute atomic E-state index is 2.40. The molecule has 0 radical (unpaired) electrons. The molecule has 8 rings (SSSR count). The highest BCUT2D eigenvalue weighted by Gasteiger charge is 2.28. The van der Waals surface area contributed by atoms with E-state index in [2.05, 4.69) is 139 Å². The van der Waals surface area contributed by atoms with Crippen LogP contribution in [0.3, 0.4) is 0 Å². The predicted octanol–water partition coefficient (Wildman–Crippen LogP) is 9.15. The topological polar surface area (TPSA) is 0 Å². The summed E-state index contributed by atoms with van der Waals surface area (Å²) in [6, 6.07) is 36.9. The van der Waals surface area contributed by atoms with Crippen LogP contribution < -0.4 is 10.4 Å². The largest absolute Gasteiger partial charge is 0.0616 e. The van der Waals surface area contributed by atoms with Gasteiger partial charge in [-0.25, -0.2) is 0 Å². The first-order valence-corrected chi connectivity index (χ1v) is 15.0. The highest BCUT2D eigenvalue weighted by Crippen LogP contribution is 2.45. The minimum atomic E-state index is 1.32. The van der Waals surface area contributed by atoms with Gasteiger partial charge in [0.05, 0.1) is 0 Å². The number of hydrogen-bond donors (Lipinski definition) is 0. The zero-order chi connectivity index (χ0) is 28.9. The summed E-state index contributed by atoms with van der Waals surface area (Å²) in [5.74, 6) is 0. The van der Waals surface area contributed by atoms with Gasteiger partial charge in [0, 0.05) is 0 Å². The van der Waals surface area contributed by atoms with Crippen molar-refractivity contribution in [2.75, 3.05) is 0 Å². The van der Waals surface area contributed by atoms with Crippen LogP contribution in [0, 0.1) is 41.5 Å². The van der Waals surface area contributed by atoms with Crippen LogP contribution in [0.2, 0.25) is 0 Å². The van der Waals surface area contributed by atoms with E-state index in [4.69, 9.17) is 0 Å². The standard InChI is InChI=1S/C42H34/c1-23-19-25(3)37(26(4)20-23)41-31-13-9-7-11-29(31)39-33-16-18-36-40(34(33)15-17-35(39)41)30-12-8-10-14-32(30)42(36)38-27(5)21-24(2)22-28(38)6/h7-22H,1-6H3. The van der Waals surface area contributed by atoms with E-state index in [0.29, 0.717) is 0 Å². The van der Waals surface area contributed by atoms with Gasteiger partial charge < -0.3 is 0 Å². The summed E-state index contributed by atoms with van der Waals surface area (Å²) in [4.78, 5) is 0. The highest BCUT2D eigenvalue weighted by molar-refractivity contribution is 6.13. The third-order valence-electron chi connectivity index (χ3n) is 9.53. The normalized spacial score (nSPS) is 12.9. The minimum Gasteiger partial charge on any atom is -0.0616 e. The first kappa shape index (κ1) is 25.1. The van der Waals surface area contributed by atoms with Crippen LogP contribution in [0.1, 0.15) is 55.6 Å². The third kappa shape index (κ3) is 3.36. The maximum atomic E-state index is 2.40. The summed E-state index contributed by atoms with van der Waals surface area (Å²) in [6.45, 7) is 13.4. The van der Waals surface area contributed by atoms with Gasteiger partial charge in [0.2, 0.25) is 0 Å². The van der Waals surface area contributed by atoms with Gasteiger partial charge in [0.15, 0.2) is 0 Å². The summed E-state index contributed by atoms with van der Waals surface area (Å²) in [5, 5.41) is 5.37. The number of rotatable bonds is 2. The summed E-state index contributed by atoms with van der Waals surface area (Å²) < 4.78 is 0. The third-order valence-corrected chi connectivity index (χ3v) is 9.53. The Balaban J connectivity index is 1.52. The van der Waals surface area contributed by atoms with Crippen molar-refractivity contribution in [3.63, 3.8) is 0 Å². The molecule has 0 heterocycles. The summed E-state index contributed by atoms with van der Waals surface area (Å²) in [6.07, 6.45) is 0. The number of hydrogen-bond acceptors (Lipinski definition) is 0. The van der Waals surface area contributed by atoms with E-state index < -0.39 is 0 Å². The lowest BCUT2D eigenvalue weighted by atomic mass is 9.90. The number of fused-ring (bicyclic) bond motifs is 9. The van der Waals surface area contributed by atoms with Crippen LogP contribution >= 0.6 is 0 Å². The number of benzene rings is 6. The molecule has 0 heteroatoms. The van der Waals surface area contributed by atoms with Crippen molar-refractivity contribution >= 4 is 21.9 Å². The van der Waals surface area contributed by atoms with Gasteiger partial charge in [-0.05, 0) is 141 Å². The monoisotopic (exact) mass is 538 g/mol. The first-order chi connectivity index (χ1) is 20.3. The van der Waals surface area contributed by atoms with Crippen molar-refractivity contribution in [1.29, 1.82) is 0 Å². The molecule has 0 nitrogen and oxygen atoms in total. The molecule has 0 N–H and O–H groups in total. The zero-order valence-corrected chi connectivity index (χ0v) is 25.2. The fraction of sp³-hybridized carbons (Fsp3) is 0.143. The molecule has 0 bridgehead atoms. The molecule has 0 fully saturated rings. The van der Waals surface area contributed by atoms with Crippen molar-refractivity contribution in [2.24, 2.45) is 0 Å². The average molecular weight is 539 g/mol. The van der Waals surface area contributed by atoms with Crippen molar-refractivity contribution in [3.8, 4) is 22.3 Å². The molecular weight excluding hydrogens is 504 g/mol. The molecule has 2 aliphatic carbocycles. The van der Waals surface area contributed by atoms with Crippen LogP contribution in [-0.4, -0.2) is 0 Å². The Morgan fingerprint density at radius 3 is 1.02 bits per heavy atom. The van der Waals surface area contributed by atoms with E-state index >= 15 is 0 Å². The van der Waals surface area contributed by atoms with E-state index in [9.17, 15) is 0 Å². The highest BCUT2D eigenvalue weighted by atomic mass is 14.3. The Morgan fingerprint density at radius 1 is 0.333 bits per heavy atom. The van der Waals surface area contributed by atoms with E-state index in [1.165, 1.54) is 110 Å². The Bertz CT molecular complexity index is 2080. The lowest BCUT2D eigenvalue weighted by Gasteiger charge is -2.14. The van der Waals surface area contributed by atoms with Crippen LogP contribution in [-0.2, 0) is 0 Å². The zero-order valence-electron chi connectivity index (χ0n) is 25.2. The summed E-state index contributed by atoms with van der Waals surface area (Å²) in [7, 11) is 0. The van der Waals surface area contributed by atoms with Crippen LogP contribution in [0.15, 0.2) is 97.1 Å². The smallest absolute Gasteiger partial charge is 0.00199 e. The van der Waals surface area contributed by atoms with Gasteiger partial charge in [-0.3, -0.25) is 0 Å². The molecule has 6 aromatic carbocycles. The first-order valence-electron chi connectivity index (χ1n) is 15.0. The average Bonchev–Trinajstić information content (AvgIpc) is 3.46. The maximum Gasteiger partial charge on any atom is -0.00199 e. The van der Waals surface area contributed by atoms with Crippen LogP contribution in [0.25, 0.3) is 44.2 Å². The molecule has 202 valence electrons. The molecule has 0 aliphatic heterocycles. The van der Waals surface area contributed by atoms with Crippen molar-refractivity contribution in [2.45, 2.75) is 41.5 Å². The minimum absolute atomic E-state index is 1.32. The molecule has 0 atom stereocenters. The Hall–Kier alpha value is -4.68. The van der Waals surface area contributed by atoms with Gasteiger partial charge in [-0.2, -0.15) is 0 Å². The van der Waals surface area contributed by atoms with Crippen LogP contribution in [0.5, 0.6) is 0 Å². The van der Waals surface area contributed by atoms with Gasteiger partial charge >= 0.3 is 0 Å². The lowest BCUT2D eigenvalue weighted by molar-refractivity contribution is 1.28. The van der Waals surface area contributed by atoms with E-state index in [-0.39, 0.29) is 0 Å². The molecule has 0 saturated heterocycles. The quantitative estimate of drug-likeness (QED) is 0.206. The molecule has 0 spiro atoms. The lowest BCUT2D eigenvalue weighted by Crippen LogP contribution is -2.11. The van der Waals surface area contributed by atoms with E-state index in [0.717, 1.165) is 0 Å². The fourth-order valence-electron chi connectivity index (χ4n) is 8.22. The number of aryl methyl sites for hydroxylation is 6. The molecular formula is C42H34. The second-order valence-electron chi connectivity index (χ2n) is 12.5. The molecule has 0 aromatic heterocycles. The summed E-state index contributed by atoms with van der Waals surface area (Å²) >= 11 is 0. The Morgan fingerprint density at radius 2 is 0.667 bits per heavy atom. The molecule has 0 saturated carbocycles. The predicted molar refractivity (Wildman–Crippen MR) is 179 cm³/mol. The SMILES string of the molecule is Cc1cc(C)c(C2=c3ccc4c5c(ccc4c3-c3ccccc32)=C(c2c(C)cc(C)cc2C)c2ccccc2-5)c(C)c1. The summed E-state index contributed by atoms with van der Waals surface area (Å²) in [5.41, 5.74) is 21.6.